The summed E-state index contributed by atoms with van der Waals surface area (Å²) in [5, 5.41) is 7.53. The minimum absolute atomic E-state index is 0. The molecule has 0 aliphatic heterocycles. The molecule has 3 nitrogen and oxygen atoms in total. The van der Waals surface area contributed by atoms with Gasteiger partial charge < -0.3 is 5.32 Å². The summed E-state index contributed by atoms with van der Waals surface area (Å²) in [6, 6.07) is 0. The van der Waals surface area contributed by atoms with Crippen LogP contribution in [0.3, 0.4) is 0 Å². The van der Waals surface area contributed by atoms with Crippen LogP contribution in [0.15, 0.2) is 12.4 Å². The number of rotatable bonds is 5. The quantitative estimate of drug-likeness (QED) is 0.822. The van der Waals surface area contributed by atoms with Gasteiger partial charge in [0.05, 0.1) is 11.9 Å². The zero-order valence-corrected chi connectivity index (χ0v) is 9.97. The standard InChI is InChI=1S/C10H19N3.ClH/c1-4-13-8-10(7-12-13)11-6-5-9(2)3;/h7-9,11H,4-6H2,1-3H3;1H. The first-order valence-corrected chi connectivity index (χ1v) is 4.98. The molecule has 1 rings (SSSR count). The Morgan fingerprint density at radius 3 is 2.71 bits per heavy atom. The molecule has 0 aliphatic rings. The molecule has 82 valence electrons. The first-order valence-electron chi connectivity index (χ1n) is 4.98. The number of aryl methyl sites for hydroxylation is 1. The van der Waals surface area contributed by atoms with E-state index in [1.807, 2.05) is 17.1 Å². The van der Waals surface area contributed by atoms with Crippen LogP contribution in [-0.4, -0.2) is 16.3 Å². The van der Waals surface area contributed by atoms with Crippen LogP contribution < -0.4 is 5.32 Å². The van der Waals surface area contributed by atoms with Gasteiger partial charge in [-0.25, -0.2) is 0 Å². The Hall–Kier alpha value is -0.700. The lowest BCUT2D eigenvalue weighted by molar-refractivity contribution is 0.607. The third-order valence-electron chi connectivity index (χ3n) is 2.01. The van der Waals surface area contributed by atoms with Crippen LogP contribution >= 0.6 is 12.4 Å². The fraction of sp³-hybridized carbons (Fsp3) is 0.700. The average Bonchev–Trinajstić information content (AvgIpc) is 2.52. The molecule has 0 aromatic carbocycles. The van der Waals surface area contributed by atoms with Crippen LogP contribution in [-0.2, 0) is 6.54 Å². The second-order valence-corrected chi connectivity index (χ2v) is 3.69. The summed E-state index contributed by atoms with van der Waals surface area (Å²) < 4.78 is 1.93. The zero-order valence-electron chi connectivity index (χ0n) is 9.16. The fourth-order valence-electron chi connectivity index (χ4n) is 1.13. The van der Waals surface area contributed by atoms with Crippen molar-refractivity contribution >= 4 is 18.1 Å². The number of nitrogens with one attached hydrogen (secondary N) is 1. The van der Waals surface area contributed by atoms with E-state index in [0.29, 0.717) is 0 Å². The number of anilines is 1. The van der Waals surface area contributed by atoms with Crippen molar-refractivity contribution in [2.45, 2.75) is 33.7 Å². The van der Waals surface area contributed by atoms with Crippen LogP contribution in [0, 0.1) is 5.92 Å². The van der Waals surface area contributed by atoms with Gasteiger partial charge >= 0.3 is 0 Å². The van der Waals surface area contributed by atoms with Gasteiger partial charge in [-0.3, -0.25) is 4.68 Å². The van der Waals surface area contributed by atoms with E-state index < -0.39 is 0 Å². The van der Waals surface area contributed by atoms with Gasteiger partial charge in [0.15, 0.2) is 0 Å². The van der Waals surface area contributed by atoms with Crippen LogP contribution in [0.1, 0.15) is 27.2 Å². The molecule has 0 saturated heterocycles. The highest BCUT2D eigenvalue weighted by Gasteiger charge is 1.96. The van der Waals surface area contributed by atoms with Gasteiger partial charge in [0.1, 0.15) is 0 Å². The van der Waals surface area contributed by atoms with E-state index in [1.165, 1.54) is 6.42 Å². The first-order chi connectivity index (χ1) is 6.22. The van der Waals surface area contributed by atoms with Gasteiger partial charge in [-0.05, 0) is 19.3 Å². The molecule has 0 bridgehead atoms. The zero-order chi connectivity index (χ0) is 9.68. The molecular formula is C10H20ClN3. The molecule has 1 aromatic rings. The third-order valence-corrected chi connectivity index (χ3v) is 2.01. The molecule has 0 fully saturated rings. The molecule has 4 heteroatoms. The van der Waals surface area contributed by atoms with Gasteiger partial charge in [0.25, 0.3) is 0 Å². The second kappa shape index (κ2) is 6.71. The molecule has 0 amide bonds. The SMILES string of the molecule is CCn1cc(NCCC(C)C)cn1.Cl. The minimum atomic E-state index is 0. The Balaban J connectivity index is 0.00000169. The lowest BCUT2D eigenvalue weighted by Crippen LogP contribution is -2.03. The molecule has 14 heavy (non-hydrogen) atoms. The van der Waals surface area contributed by atoms with Crippen molar-refractivity contribution in [1.82, 2.24) is 9.78 Å². The summed E-state index contributed by atoms with van der Waals surface area (Å²) in [6.07, 6.45) is 5.13. The predicted octanol–water partition coefficient (Wildman–Crippen LogP) is 2.78. The van der Waals surface area contributed by atoms with E-state index in [-0.39, 0.29) is 12.4 Å². The van der Waals surface area contributed by atoms with E-state index in [4.69, 9.17) is 0 Å². The molecule has 0 saturated carbocycles. The van der Waals surface area contributed by atoms with Crippen molar-refractivity contribution in [2.24, 2.45) is 5.92 Å². The summed E-state index contributed by atoms with van der Waals surface area (Å²) in [4.78, 5) is 0. The normalized spacial score (nSPS) is 10.0. The van der Waals surface area contributed by atoms with E-state index >= 15 is 0 Å². The Morgan fingerprint density at radius 2 is 2.21 bits per heavy atom. The van der Waals surface area contributed by atoms with Crippen molar-refractivity contribution < 1.29 is 0 Å². The highest BCUT2D eigenvalue weighted by Crippen LogP contribution is 2.06. The number of nitrogens with zero attached hydrogens (tertiary/aromatic N) is 2. The molecule has 0 unspecified atom stereocenters. The Morgan fingerprint density at radius 1 is 1.50 bits per heavy atom. The van der Waals surface area contributed by atoms with Gasteiger partial charge in [-0.1, -0.05) is 13.8 Å². The summed E-state index contributed by atoms with van der Waals surface area (Å²) >= 11 is 0. The number of aromatic nitrogens is 2. The van der Waals surface area contributed by atoms with Crippen LogP contribution in [0.2, 0.25) is 0 Å². The van der Waals surface area contributed by atoms with Gasteiger partial charge in [0, 0.05) is 19.3 Å². The minimum Gasteiger partial charge on any atom is -0.383 e. The van der Waals surface area contributed by atoms with E-state index in [0.717, 1.165) is 24.7 Å². The molecular weight excluding hydrogens is 198 g/mol. The largest absolute Gasteiger partial charge is 0.383 e. The lowest BCUT2D eigenvalue weighted by Gasteiger charge is -2.05. The Kier molecular flexibility index (Phi) is 6.37. The highest BCUT2D eigenvalue weighted by molar-refractivity contribution is 5.85. The molecule has 0 spiro atoms. The molecule has 1 heterocycles. The Bertz CT molecular complexity index is 245. The summed E-state index contributed by atoms with van der Waals surface area (Å²) in [5.74, 6) is 0.758. The third kappa shape index (κ3) is 4.51. The summed E-state index contributed by atoms with van der Waals surface area (Å²) in [7, 11) is 0. The van der Waals surface area contributed by atoms with Crippen molar-refractivity contribution in [1.29, 1.82) is 0 Å². The number of hydrogen-bond donors (Lipinski definition) is 1. The van der Waals surface area contributed by atoms with Crippen molar-refractivity contribution in [3.8, 4) is 0 Å². The molecule has 1 aromatic heterocycles. The predicted molar refractivity (Wildman–Crippen MR) is 63.1 cm³/mol. The summed E-state index contributed by atoms with van der Waals surface area (Å²) in [5.41, 5.74) is 1.13. The van der Waals surface area contributed by atoms with Crippen molar-refractivity contribution in [3.05, 3.63) is 12.4 Å². The smallest absolute Gasteiger partial charge is 0.0726 e. The molecule has 0 aliphatic carbocycles. The topological polar surface area (TPSA) is 29.9 Å². The average molecular weight is 218 g/mol. The molecule has 0 radical (unpaired) electrons. The maximum absolute atomic E-state index is 4.19. The first kappa shape index (κ1) is 13.3. The van der Waals surface area contributed by atoms with Gasteiger partial charge in [-0.15, -0.1) is 12.4 Å². The van der Waals surface area contributed by atoms with E-state index in [1.54, 1.807) is 0 Å². The lowest BCUT2D eigenvalue weighted by atomic mass is 10.1. The second-order valence-electron chi connectivity index (χ2n) is 3.69. The highest BCUT2D eigenvalue weighted by atomic mass is 35.5. The fourth-order valence-corrected chi connectivity index (χ4v) is 1.13. The maximum atomic E-state index is 4.19. The number of hydrogen-bond acceptors (Lipinski definition) is 2. The maximum Gasteiger partial charge on any atom is 0.0726 e. The Labute approximate surface area is 92.3 Å². The van der Waals surface area contributed by atoms with Crippen LogP contribution in [0.5, 0.6) is 0 Å². The van der Waals surface area contributed by atoms with Crippen molar-refractivity contribution in [2.75, 3.05) is 11.9 Å². The monoisotopic (exact) mass is 217 g/mol. The van der Waals surface area contributed by atoms with Gasteiger partial charge in [-0.2, -0.15) is 5.10 Å². The van der Waals surface area contributed by atoms with Crippen molar-refractivity contribution in [3.63, 3.8) is 0 Å². The van der Waals surface area contributed by atoms with Crippen LogP contribution in [0.25, 0.3) is 0 Å². The van der Waals surface area contributed by atoms with Crippen LogP contribution in [0.4, 0.5) is 5.69 Å². The molecule has 1 N–H and O–H groups in total. The summed E-state index contributed by atoms with van der Waals surface area (Å²) in [6.45, 7) is 8.53. The number of halogens is 1. The van der Waals surface area contributed by atoms with Gasteiger partial charge in [0.2, 0.25) is 0 Å². The molecule has 0 atom stereocenters. The van der Waals surface area contributed by atoms with E-state index in [2.05, 4.69) is 31.2 Å². The van der Waals surface area contributed by atoms with E-state index in [9.17, 15) is 0 Å².